The van der Waals surface area contributed by atoms with Gasteiger partial charge in [0, 0.05) is 11.1 Å². The Morgan fingerprint density at radius 2 is 1.22 bits per heavy atom. The molecule has 1 aromatic rings. The average Bonchev–Trinajstić information content (AvgIpc) is 2.37. The molecule has 2 nitrogen and oxygen atoms in total. The van der Waals surface area contributed by atoms with Crippen LogP contribution in [0.5, 0.6) is 0 Å². The normalized spacial score (nSPS) is 29.2. The predicted octanol–water partition coefficient (Wildman–Crippen LogP) is 1.51. The lowest BCUT2D eigenvalue weighted by atomic mass is 9.75. The lowest BCUT2D eigenvalue weighted by molar-refractivity contribution is 0.110. The van der Waals surface area contributed by atoms with Crippen LogP contribution in [0.15, 0.2) is 24.3 Å². The molecule has 0 spiro atoms. The summed E-state index contributed by atoms with van der Waals surface area (Å²) in [5.74, 6) is 4.67. The van der Waals surface area contributed by atoms with E-state index in [0.717, 1.165) is 11.1 Å². The summed E-state index contributed by atoms with van der Waals surface area (Å²) in [5, 5.41) is 20.7. The van der Waals surface area contributed by atoms with E-state index in [0.29, 0.717) is 11.1 Å². The highest BCUT2D eigenvalue weighted by molar-refractivity contribution is 5.56. The van der Waals surface area contributed by atoms with Gasteiger partial charge in [-0.3, -0.25) is 0 Å². The molecular formula is C16H14O2. The topological polar surface area (TPSA) is 40.5 Å². The number of hydrogen-bond donors (Lipinski definition) is 2. The van der Waals surface area contributed by atoms with E-state index in [1.807, 2.05) is 13.8 Å². The molecule has 0 amide bonds. The molecule has 90 valence electrons. The van der Waals surface area contributed by atoms with Crippen molar-refractivity contribution >= 4 is 0 Å². The molecule has 0 radical (unpaired) electrons. The van der Waals surface area contributed by atoms with Crippen LogP contribution < -0.4 is 0 Å². The van der Waals surface area contributed by atoms with Crippen LogP contribution in [0.1, 0.15) is 22.3 Å². The van der Waals surface area contributed by atoms with Gasteiger partial charge in [-0.05, 0) is 37.1 Å². The van der Waals surface area contributed by atoms with Crippen molar-refractivity contribution in [1.82, 2.24) is 0 Å². The minimum atomic E-state index is -1.52. The third-order valence-electron chi connectivity index (χ3n) is 3.46. The number of hydrogen-bond acceptors (Lipinski definition) is 2. The predicted molar refractivity (Wildman–Crippen MR) is 70.5 cm³/mol. The molecule has 18 heavy (non-hydrogen) atoms. The van der Waals surface area contributed by atoms with E-state index in [9.17, 15) is 10.2 Å². The zero-order valence-electron chi connectivity index (χ0n) is 10.4. The number of aliphatic hydroxyl groups is 2. The second-order valence-electron chi connectivity index (χ2n) is 4.64. The van der Waals surface area contributed by atoms with Crippen molar-refractivity contribution in [3.8, 4) is 24.7 Å². The Morgan fingerprint density at radius 3 is 1.50 bits per heavy atom. The molecule has 0 aliphatic heterocycles. The van der Waals surface area contributed by atoms with Gasteiger partial charge < -0.3 is 10.2 Å². The summed E-state index contributed by atoms with van der Waals surface area (Å²) >= 11 is 0. The van der Waals surface area contributed by atoms with Crippen molar-refractivity contribution < 1.29 is 10.2 Å². The van der Waals surface area contributed by atoms with Crippen molar-refractivity contribution in [3.05, 3.63) is 46.5 Å². The van der Waals surface area contributed by atoms with Crippen LogP contribution in [0, 0.1) is 38.5 Å². The lowest BCUT2D eigenvalue weighted by Gasteiger charge is -2.33. The third kappa shape index (κ3) is 1.56. The van der Waals surface area contributed by atoms with Gasteiger partial charge in [0.2, 0.25) is 0 Å². The molecule has 0 unspecified atom stereocenters. The average molecular weight is 238 g/mol. The maximum Gasteiger partial charge on any atom is 0.170 e. The number of aryl methyl sites for hydroxylation is 2. The van der Waals surface area contributed by atoms with Crippen molar-refractivity contribution in [2.24, 2.45) is 0 Å². The summed E-state index contributed by atoms with van der Waals surface area (Å²) in [5.41, 5.74) is -0.130. The van der Waals surface area contributed by atoms with E-state index in [1.165, 1.54) is 12.2 Å². The highest BCUT2D eigenvalue weighted by Crippen LogP contribution is 2.39. The van der Waals surface area contributed by atoms with Gasteiger partial charge in [0.1, 0.15) is 0 Å². The molecule has 0 fully saturated rings. The Kier molecular flexibility index (Phi) is 2.60. The van der Waals surface area contributed by atoms with Crippen LogP contribution in [0.25, 0.3) is 0 Å². The van der Waals surface area contributed by atoms with Crippen LogP contribution in [0.3, 0.4) is 0 Å². The van der Waals surface area contributed by atoms with Crippen molar-refractivity contribution in [3.63, 3.8) is 0 Å². The Morgan fingerprint density at radius 1 is 0.889 bits per heavy atom. The molecule has 2 heteroatoms. The first-order valence-corrected chi connectivity index (χ1v) is 5.59. The van der Waals surface area contributed by atoms with Gasteiger partial charge >= 0.3 is 0 Å². The van der Waals surface area contributed by atoms with E-state index in [2.05, 4.69) is 11.8 Å². The molecule has 2 N–H and O–H groups in total. The smallest absolute Gasteiger partial charge is 0.170 e. The summed E-state index contributed by atoms with van der Waals surface area (Å²) in [6, 6.07) is 3.55. The van der Waals surface area contributed by atoms with Gasteiger partial charge in [-0.2, -0.15) is 0 Å². The summed E-state index contributed by atoms with van der Waals surface area (Å²) in [7, 11) is 0. The van der Waals surface area contributed by atoms with Crippen LogP contribution in [0.4, 0.5) is 0 Å². The van der Waals surface area contributed by atoms with Crippen LogP contribution in [-0.4, -0.2) is 10.2 Å². The maximum atomic E-state index is 10.4. The van der Waals surface area contributed by atoms with E-state index < -0.39 is 11.2 Å². The Labute approximate surface area is 107 Å². The molecule has 0 saturated heterocycles. The van der Waals surface area contributed by atoms with Gasteiger partial charge in [-0.25, -0.2) is 0 Å². The SMILES string of the molecule is C#C[C@]1(O)C=C[C@@](O)(C#C)c2cc(C)c(C)cc21. The molecule has 0 aromatic heterocycles. The summed E-state index contributed by atoms with van der Waals surface area (Å²) in [6.07, 6.45) is 13.5. The van der Waals surface area contributed by atoms with Gasteiger partial charge in [-0.15, -0.1) is 12.8 Å². The summed E-state index contributed by atoms with van der Waals surface area (Å²) < 4.78 is 0. The van der Waals surface area contributed by atoms with E-state index in [-0.39, 0.29) is 0 Å². The fourth-order valence-corrected chi connectivity index (χ4v) is 2.12. The highest BCUT2D eigenvalue weighted by atomic mass is 16.3. The minimum absolute atomic E-state index is 0.469. The number of benzene rings is 1. The quantitative estimate of drug-likeness (QED) is 0.531. The number of rotatable bonds is 0. The minimum Gasteiger partial charge on any atom is -0.370 e. The molecule has 0 saturated carbocycles. The van der Waals surface area contributed by atoms with E-state index in [4.69, 9.17) is 12.8 Å². The largest absolute Gasteiger partial charge is 0.370 e. The maximum absolute atomic E-state index is 10.4. The molecular weight excluding hydrogens is 224 g/mol. The standard InChI is InChI=1S/C16H14O2/c1-5-15(17)7-8-16(18,6-2)14-10-12(4)11(3)9-13(14)15/h1-2,7-10,17-18H,3-4H3/t15-,16-/m0/s1. The number of terminal acetylenes is 2. The molecule has 2 atom stereocenters. The zero-order valence-corrected chi connectivity index (χ0v) is 10.4. The first-order valence-electron chi connectivity index (χ1n) is 5.59. The zero-order chi connectivity index (χ0) is 13.6. The van der Waals surface area contributed by atoms with Crippen molar-refractivity contribution in [2.45, 2.75) is 25.0 Å². The van der Waals surface area contributed by atoms with Crippen molar-refractivity contribution in [2.75, 3.05) is 0 Å². The van der Waals surface area contributed by atoms with E-state index in [1.54, 1.807) is 12.1 Å². The fraction of sp³-hybridized carbons (Fsp3) is 0.250. The van der Waals surface area contributed by atoms with Gasteiger partial charge in [0.05, 0.1) is 0 Å². The monoisotopic (exact) mass is 238 g/mol. The van der Waals surface area contributed by atoms with E-state index >= 15 is 0 Å². The molecule has 1 aromatic carbocycles. The first-order chi connectivity index (χ1) is 8.36. The second-order valence-corrected chi connectivity index (χ2v) is 4.64. The van der Waals surface area contributed by atoms with Crippen molar-refractivity contribution in [1.29, 1.82) is 0 Å². The summed E-state index contributed by atoms with van der Waals surface area (Å²) in [4.78, 5) is 0. The fourth-order valence-electron chi connectivity index (χ4n) is 2.12. The molecule has 0 bridgehead atoms. The van der Waals surface area contributed by atoms with Gasteiger partial charge in [0.25, 0.3) is 0 Å². The van der Waals surface area contributed by atoms with Crippen LogP contribution >= 0.6 is 0 Å². The highest BCUT2D eigenvalue weighted by Gasteiger charge is 2.39. The Bertz CT molecular complexity index is 573. The number of fused-ring (bicyclic) bond motifs is 1. The summed E-state index contributed by atoms with van der Waals surface area (Å²) in [6.45, 7) is 3.83. The Hall–Kier alpha value is -2.00. The van der Waals surface area contributed by atoms with Crippen LogP contribution in [-0.2, 0) is 11.2 Å². The van der Waals surface area contributed by atoms with Gasteiger partial charge in [-0.1, -0.05) is 24.0 Å². The van der Waals surface area contributed by atoms with Gasteiger partial charge in [0.15, 0.2) is 11.2 Å². The second kappa shape index (κ2) is 3.75. The molecule has 1 aliphatic rings. The third-order valence-corrected chi connectivity index (χ3v) is 3.46. The molecule has 1 aliphatic carbocycles. The molecule has 2 rings (SSSR count). The first kappa shape index (κ1) is 12.5. The molecule has 0 heterocycles. The van der Waals surface area contributed by atoms with Crippen LogP contribution in [0.2, 0.25) is 0 Å². The Balaban J connectivity index is 2.84. The lowest BCUT2D eigenvalue weighted by Crippen LogP contribution is -2.34.